The monoisotopic (exact) mass is 285 g/mol. The largest absolute Gasteiger partial charge is 0.398 e. The van der Waals surface area contributed by atoms with Crippen molar-refractivity contribution in [1.29, 1.82) is 0 Å². The zero-order valence-electron chi connectivity index (χ0n) is 10.7. The van der Waals surface area contributed by atoms with Gasteiger partial charge in [-0.15, -0.1) is 11.3 Å². The summed E-state index contributed by atoms with van der Waals surface area (Å²) in [4.78, 5) is 14.8. The summed E-state index contributed by atoms with van der Waals surface area (Å²) >= 11 is 1.53. The lowest BCUT2D eigenvalue weighted by molar-refractivity contribution is -0.384. The van der Waals surface area contributed by atoms with Crippen LogP contribution in [-0.2, 0) is 0 Å². The zero-order valence-corrected chi connectivity index (χ0v) is 11.5. The van der Waals surface area contributed by atoms with Crippen molar-refractivity contribution in [2.45, 2.75) is 6.92 Å². The second-order valence-corrected chi connectivity index (χ2v) is 5.55. The van der Waals surface area contributed by atoms with Gasteiger partial charge >= 0.3 is 0 Å². The number of nitro benzene ring substituents is 1. The SMILES string of the molecule is Cc1ccc2sc(-c3ccc([N+](=O)[O-])cc3N)nc2c1. The van der Waals surface area contributed by atoms with Gasteiger partial charge in [0.25, 0.3) is 5.69 Å². The molecule has 0 fully saturated rings. The normalized spacial score (nSPS) is 10.8. The first-order chi connectivity index (χ1) is 9.54. The van der Waals surface area contributed by atoms with Crippen molar-refractivity contribution in [2.75, 3.05) is 5.73 Å². The molecule has 2 aromatic carbocycles. The maximum absolute atomic E-state index is 10.7. The van der Waals surface area contributed by atoms with E-state index in [-0.39, 0.29) is 5.69 Å². The van der Waals surface area contributed by atoms with E-state index < -0.39 is 4.92 Å². The molecule has 0 aliphatic carbocycles. The highest BCUT2D eigenvalue weighted by molar-refractivity contribution is 7.21. The Hall–Kier alpha value is -2.47. The van der Waals surface area contributed by atoms with Gasteiger partial charge in [-0.2, -0.15) is 0 Å². The number of rotatable bonds is 2. The van der Waals surface area contributed by atoms with Crippen LogP contribution in [0, 0.1) is 17.0 Å². The second kappa shape index (κ2) is 4.57. The van der Waals surface area contributed by atoms with E-state index in [1.807, 2.05) is 25.1 Å². The third kappa shape index (κ3) is 2.10. The maximum Gasteiger partial charge on any atom is 0.271 e. The summed E-state index contributed by atoms with van der Waals surface area (Å²) in [5.41, 5.74) is 9.06. The highest BCUT2D eigenvalue weighted by atomic mass is 32.1. The van der Waals surface area contributed by atoms with E-state index in [1.54, 1.807) is 6.07 Å². The molecule has 20 heavy (non-hydrogen) atoms. The van der Waals surface area contributed by atoms with E-state index in [4.69, 9.17) is 5.73 Å². The molecule has 0 atom stereocenters. The number of hydrogen-bond donors (Lipinski definition) is 1. The molecule has 0 unspecified atom stereocenters. The fourth-order valence-electron chi connectivity index (χ4n) is 2.01. The lowest BCUT2D eigenvalue weighted by Crippen LogP contribution is -1.93. The number of nitrogens with two attached hydrogens (primary N) is 1. The molecular weight excluding hydrogens is 274 g/mol. The van der Waals surface area contributed by atoms with Crippen LogP contribution in [0.5, 0.6) is 0 Å². The van der Waals surface area contributed by atoms with Gasteiger partial charge < -0.3 is 5.73 Å². The van der Waals surface area contributed by atoms with Gasteiger partial charge in [-0.25, -0.2) is 4.98 Å². The lowest BCUT2D eigenvalue weighted by Gasteiger charge is -2.01. The Balaban J connectivity index is 2.13. The van der Waals surface area contributed by atoms with Crippen LogP contribution in [0.1, 0.15) is 5.56 Å². The first-order valence-electron chi connectivity index (χ1n) is 5.96. The number of anilines is 1. The van der Waals surface area contributed by atoms with Gasteiger partial charge in [0.2, 0.25) is 0 Å². The summed E-state index contributed by atoms with van der Waals surface area (Å²) in [6.45, 7) is 2.01. The summed E-state index contributed by atoms with van der Waals surface area (Å²) < 4.78 is 1.07. The molecule has 0 radical (unpaired) electrons. The summed E-state index contributed by atoms with van der Waals surface area (Å²) in [5, 5.41) is 11.5. The van der Waals surface area contributed by atoms with Crippen LogP contribution in [0.4, 0.5) is 11.4 Å². The number of non-ortho nitro benzene ring substituents is 1. The number of nitro groups is 1. The molecule has 0 amide bonds. The number of aromatic nitrogens is 1. The molecule has 3 aromatic rings. The average Bonchev–Trinajstić information content (AvgIpc) is 2.80. The van der Waals surface area contributed by atoms with Gasteiger partial charge in [-0.1, -0.05) is 6.07 Å². The number of aryl methyl sites for hydroxylation is 1. The molecule has 1 heterocycles. The Morgan fingerprint density at radius 1 is 1.25 bits per heavy atom. The molecule has 0 aliphatic heterocycles. The molecule has 5 nitrogen and oxygen atoms in total. The van der Waals surface area contributed by atoms with Gasteiger partial charge in [-0.05, 0) is 30.7 Å². The third-order valence-electron chi connectivity index (χ3n) is 3.02. The van der Waals surface area contributed by atoms with E-state index in [2.05, 4.69) is 4.98 Å². The minimum Gasteiger partial charge on any atom is -0.398 e. The summed E-state index contributed by atoms with van der Waals surface area (Å²) in [6, 6.07) is 10.5. The highest BCUT2D eigenvalue weighted by Gasteiger charge is 2.13. The number of nitrogens with zero attached hydrogens (tertiary/aromatic N) is 2. The Morgan fingerprint density at radius 3 is 2.75 bits per heavy atom. The lowest BCUT2D eigenvalue weighted by atomic mass is 10.1. The number of thiazole rings is 1. The predicted octanol–water partition coefficient (Wildman–Crippen LogP) is 3.76. The average molecular weight is 285 g/mol. The summed E-state index contributed by atoms with van der Waals surface area (Å²) in [6.07, 6.45) is 0. The molecule has 6 heteroatoms. The summed E-state index contributed by atoms with van der Waals surface area (Å²) in [7, 11) is 0. The molecule has 2 N–H and O–H groups in total. The van der Waals surface area contributed by atoms with Crippen LogP contribution in [0.15, 0.2) is 36.4 Å². The number of hydrogen-bond acceptors (Lipinski definition) is 5. The minimum atomic E-state index is -0.456. The van der Waals surface area contributed by atoms with Crippen LogP contribution >= 0.6 is 11.3 Å². The smallest absolute Gasteiger partial charge is 0.271 e. The van der Waals surface area contributed by atoms with Crippen LogP contribution in [-0.4, -0.2) is 9.91 Å². The Bertz CT molecular complexity index is 826. The van der Waals surface area contributed by atoms with E-state index in [9.17, 15) is 10.1 Å². The molecular formula is C14H11N3O2S. The fourth-order valence-corrected chi connectivity index (χ4v) is 3.00. The van der Waals surface area contributed by atoms with Crippen LogP contribution in [0.3, 0.4) is 0 Å². The van der Waals surface area contributed by atoms with Gasteiger partial charge in [0.1, 0.15) is 5.01 Å². The number of benzene rings is 2. The second-order valence-electron chi connectivity index (χ2n) is 4.52. The van der Waals surface area contributed by atoms with Crippen LogP contribution in [0.2, 0.25) is 0 Å². The fraction of sp³-hybridized carbons (Fsp3) is 0.0714. The quantitative estimate of drug-likeness (QED) is 0.441. The van der Waals surface area contributed by atoms with Crippen molar-refractivity contribution in [1.82, 2.24) is 4.98 Å². The first-order valence-corrected chi connectivity index (χ1v) is 6.78. The van der Waals surface area contributed by atoms with Crippen molar-refractivity contribution in [3.05, 3.63) is 52.1 Å². The third-order valence-corrected chi connectivity index (χ3v) is 4.09. The maximum atomic E-state index is 10.7. The van der Waals surface area contributed by atoms with Gasteiger partial charge in [0.15, 0.2) is 0 Å². The van der Waals surface area contributed by atoms with Gasteiger partial charge in [0, 0.05) is 23.4 Å². The van der Waals surface area contributed by atoms with E-state index in [0.717, 1.165) is 26.4 Å². The molecule has 0 aliphatic rings. The molecule has 0 saturated heterocycles. The first kappa shape index (κ1) is 12.6. The van der Waals surface area contributed by atoms with Gasteiger partial charge in [0.05, 0.1) is 15.1 Å². The summed E-state index contributed by atoms with van der Waals surface area (Å²) in [5.74, 6) is 0. The van der Waals surface area contributed by atoms with Gasteiger partial charge in [-0.3, -0.25) is 10.1 Å². The van der Waals surface area contributed by atoms with Crippen molar-refractivity contribution in [2.24, 2.45) is 0 Å². The van der Waals surface area contributed by atoms with Crippen molar-refractivity contribution in [3.63, 3.8) is 0 Å². The molecule has 0 spiro atoms. The van der Waals surface area contributed by atoms with Crippen molar-refractivity contribution < 1.29 is 4.92 Å². The highest BCUT2D eigenvalue weighted by Crippen LogP contribution is 2.35. The Morgan fingerprint density at radius 2 is 2.05 bits per heavy atom. The van der Waals surface area contributed by atoms with E-state index in [1.165, 1.54) is 23.5 Å². The topological polar surface area (TPSA) is 82.0 Å². The standard InChI is InChI=1S/C14H11N3O2S/c1-8-2-5-13-12(6-8)16-14(20-13)10-4-3-9(17(18)19)7-11(10)15/h2-7H,15H2,1H3. The minimum absolute atomic E-state index is 0.0109. The molecule has 3 rings (SSSR count). The van der Waals surface area contributed by atoms with Crippen LogP contribution in [0.25, 0.3) is 20.8 Å². The van der Waals surface area contributed by atoms with E-state index >= 15 is 0 Å². The molecule has 100 valence electrons. The Kier molecular flexibility index (Phi) is 2.87. The molecule has 1 aromatic heterocycles. The van der Waals surface area contributed by atoms with E-state index in [0.29, 0.717) is 5.69 Å². The molecule has 0 saturated carbocycles. The number of nitrogen functional groups attached to an aromatic ring is 1. The predicted molar refractivity (Wildman–Crippen MR) is 80.9 cm³/mol. The number of fused-ring (bicyclic) bond motifs is 1. The van der Waals surface area contributed by atoms with Crippen molar-refractivity contribution >= 4 is 32.9 Å². The van der Waals surface area contributed by atoms with Crippen LogP contribution < -0.4 is 5.73 Å². The molecule has 0 bridgehead atoms. The van der Waals surface area contributed by atoms with Crippen molar-refractivity contribution in [3.8, 4) is 10.6 Å². The Labute approximate surface area is 118 Å². The zero-order chi connectivity index (χ0) is 14.3.